The van der Waals surface area contributed by atoms with Crippen LogP contribution in [0.4, 0.5) is 0 Å². The Morgan fingerprint density at radius 1 is 1.11 bits per heavy atom. The summed E-state index contributed by atoms with van der Waals surface area (Å²) in [5, 5.41) is 3.21. The molecule has 5 heteroatoms. The number of amides is 2. The number of primary amides is 2. The zero-order chi connectivity index (χ0) is 13.4. The van der Waals surface area contributed by atoms with Crippen molar-refractivity contribution in [2.24, 2.45) is 11.5 Å². The molecule has 1 aromatic rings. The minimum absolute atomic E-state index is 0.269. The average Bonchev–Trinajstić information content (AvgIpc) is 2.33. The lowest BCUT2D eigenvalue weighted by molar-refractivity contribution is -0.118. The van der Waals surface area contributed by atoms with E-state index in [0.717, 1.165) is 24.9 Å². The van der Waals surface area contributed by atoms with Gasteiger partial charge >= 0.3 is 0 Å². The summed E-state index contributed by atoms with van der Waals surface area (Å²) in [7, 11) is 0. The fraction of sp³-hybridized carbons (Fsp3) is 0.385. The molecule has 0 bridgehead atoms. The molecule has 18 heavy (non-hydrogen) atoms. The summed E-state index contributed by atoms with van der Waals surface area (Å²) in [6, 6.07) is 7.25. The molecule has 0 aromatic heterocycles. The molecule has 0 saturated carbocycles. The number of benzene rings is 1. The van der Waals surface area contributed by atoms with Crippen molar-refractivity contribution in [3.63, 3.8) is 0 Å². The Bertz CT molecular complexity index is 418. The van der Waals surface area contributed by atoms with Crippen molar-refractivity contribution in [3.8, 4) is 0 Å². The Hall–Kier alpha value is -1.88. The maximum absolute atomic E-state index is 11.2. The molecule has 5 nitrogen and oxygen atoms in total. The topological polar surface area (TPSA) is 98.2 Å². The van der Waals surface area contributed by atoms with Crippen molar-refractivity contribution in [1.82, 2.24) is 5.32 Å². The van der Waals surface area contributed by atoms with E-state index >= 15 is 0 Å². The van der Waals surface area contributed by atoms with Crippen LogP contribution in [0.1, 0.15) is 35.2 Å². The quantitative estimate of drug-likeness (QED) is 0.586. The van der Waals surface area contributed by atoms with Gasteiger partial charge in [0.25, 0.3) is 0 Å². The molecule has 2 amide bonds. The van der Waals surface area contributed by atoms with Crippen LogP contribution < -0.4 is 16.8 Å². The minimum Gasteiger partial charge on any atom is -0.370 e. The van der Waals surface area contributed by atoms with Crippen molar-refractivity contribution in [3.05, 3.63) is 35.4 Å². The molecule has 0 aliphatic heterocycles. The van der Waals surface area contributed by atoms with Crippen LogP contribution in [0.15, 0.2) is 24.3 Å². The monoisotopic (exact) mass is 249 g/mol. The van der Waals surface area contributed by atoms with Gasteiger partial charge in [-0.15, -0.1) is 0 Å². The lowest BCUT2D eigenvalue weighted by atomic mass is 10.1. The predicted octanol–water partition coefficient (Wildman–Crippen LogP) is 0.531. The van der Waals surface area contributed by atoms with Crippen LogP contribution in [0.2, 0.25) is 0 Å². The highest BCUT2D eigenvalue weighted by atomic mass is 16.1. The van der Waals surface area contributed by atoms with Crippen LogP contribution in [0, 0.1) is 0 Å². The van der Waals surface area contributed by atoms with Crippen molar-refractivity contribution in [2.45, 2.75) is 25.8 Å². The molecule has 1 aromatic carbocycles. The second kappa shape index (κ2) is 7.45. The van der Waals surface area contributed by atoms with E-state index in [0.29, 0.717) is 18.5 Å². The minimum atomic E-state index is -0.416. The Morgan fingerprint density at radius 3 is 2.50 bits per heavy atom. The van der Waals surface area contributed by atoms with Gasteiger partial charge in [-0.2, -0.15) is 0 Å². The van der Waals surface area contributed by atoms with Gasteiger partial charge in [-0.05, 0) is 31.0 Å². The van der Waals surface area contributed by atoms with Crippen LogP contribution in [-0.4, -0.2) is 18.4 Å². The molecule has 5 N–H and O–H groups in total. The van der Waals surface area contributed by atoms with Crippen LogP contribution >= 0.6 is 0 Å². The first-order valence-electron chi connectivity index (χ1n) is 5.98. The van der Waals surface area contributed by atoms with E-state index in [9.17, 15) is 9.59 Å². The molecule has 0 unspecified atom stereocenters. The first-order valence-corrected chi connectivity index (χ1v) is 5.98. The Morgan fingerprint density at radius 2 is 1.83 bits per heavy atom. The van der Waals surface area contributed by atoms with Gasteiger partial charge < -0.3 is 16.8 Å². The molecule has 0 atom stereocenters. The first-order chi connectivity index (χ1) is 8.61. The van der Waals surface area contributed by atoms with Gasteiger partial charge in [0.15, 0.2) is 0 Å². The van der Waals surface area contributed by atoms with E-state index in [1.54, 1.807) is 12.1 Å². The third kappa shape index (κ3) is 4.97. The second-order valence-corrected chi connectivity index (χ2v) is 4.12. The SMILES string of the molecule is NC(=O)CCCCNCc1ccccc1C(N)=O. The third-order valence-corrected chi connectivity index (χ3v) is 2.63. The largest absolute Gasteiger partial charge is 0.370 e. The van der Waals surface area contributed by atoms with E-state index in [4.69, 9.17) is 11.5 Å². The number of hydrogen-bond acceptors (Lipinski definition) is 3. The van der Waals surface area contributed by atoms with Gasteiger partial charge in [-0.25, -0.2) is 0 Å². The van der Waals surface area contributed by atoms with Crippen molar-refractivity contribution >= 4 is 11.8 Å². The summed E-state index contributed by atoms with van der Waals surface area (Å²) in [6.45, 7) is 1.37. The van der Waals surface area contributed by atoms with Gasteiger partial charge in [0.1, 0.15) is 0 Å². The van der Waals surface area contributed by atoms with E-state index in [1.807, 2.05) is 12.1 Å². The molecular formula is C13H19N3O2. The predicted molar refractivity (Wildman–Crippen MR) is 69.7 cm³/mol. The summed E-state index contributed by atoms with van der Waals surface area (Å²) in [6.07, 6.45) is 2.07. The summed E-state index contributed by atoms with van der Waals surface area (Å²) in [5.74, 6) is -0.685. The molecule has 0 radical (unpaired) electrons. The van der Waals surface area contributed by atoms with Crippen molar-refractivity contribution in [1.29, 1.82) is 0 Å². The highest BCUT2D eigenvalue weighted by molar-refractivity contribution is 5.94. The molecular weight excluding hydrogens is 230 g/mol. The molecule has 1 rings (SSSR count). The normalized spacial score (nSPS) is 10.2. The Balaban J connectivity index is 2.31. The molecule has 0 heterocycles. The highest BCUT2D eigenvalue weighted by Crippen LogP contribution is 2.07. The number of nitrogens with two attached hydrogens (primary N) is 2. The van der Waals surface area contributed by atoms with Crippen molar-refractivity contribution < 1.29 is 9.59 Å². The van der Waals surface area contributed by atoms with Gasteiger partial charge in [0, 0.05) is 18.5 Å². The fourth-order valence-corrected chi connectivity index (χ4v) is 1.69. The maximum atomic E-state index is 11.2. The number of unbranched alkanes of at least 4 members (excludes halogenated alkanes) is 1. The molecule has 0 spiro atoms. The molecule has 98 valence electrons. The lowest BCUT2D eigenvalue weighted by Gasteiger charge is -2.07. The van der Waals surface area contributed by atoms with E-state index in [2.05, 4.69) is 5.32 Å². The summed E-state index contributed by atoms with van der Waals surface area (Å²) in [5.41, 5.74) is 11.8. The molecule has 0 aliphatic rings. The van der Waals surface area contributed by atoms with Gasteiger partial charge in [0.2, 0.25) is 11.8 Å². The van der Waals surface area contributed by atoms with E-state index < -0.39 is 5.91 Å². The number of carbonyl (C=O) groups is 2. The molecule has 0 fully saturated rings. The van der Waals surface area contributed by atoms with E-state index in [1.165, 1.54) is 0 Å². The van der Waals surface area contributed by atoms with Crippen LogP contribution in [-0.2, 0) is 11.3 Å². The number of nitrogens with one attached hydrogen (secondary N) is 1. The van der Waals surface area contributed by atoms with E-state index in [-0.39, 0.29) is 5.91 Å². The highest BCUT2D eigenvalue weighted by Gasteiger charge is 2.05. The van der Waals surface area contributed by atoms with Crippen molar-refractivity contribution in [2.75, 3.05) is 6.54 Å². The zero-order valence-electron chi connectivity index (χ0n) is 10.3. The number of hydrogen-bond donors (Lipinski definition) is 3. The maximum Gasteiger partial charge on any atom is 0.249 e. The summed E-state index contributed by atoms with van der Waals surface area (Å²) >= 11 is 0. The van der Waals surface area contributed by atoms with Crippen LogP contribution in [0.25, 0.3) is 0 Å². The van der Waals surface area contributed by atoms with Gasteiger partial charge in [0.05, 0.1) is 0 Å². The summed E-state index contributed by atoms with van der Waals surface area (Å²) in [4.78, 5) is 21.7. The average molecular weight is 249 g/mol. The van der Waals surface area contributed by atoms with Gasteiger partial charge in [-0.1, -0.05) is 18.2 Å². The Kier molecular flexibility index (Phi) is 5.87. The van der Waals surface area contributed by atoms with Crippen LogP contribution in [0.3, 0.4) is 0 Å². The first kappa shape index (κ1) is 14.2. The molecule has 0 saturated heterocycles. The molecule has 0 aliphatic carbocycles. The zero-order valence-corrected chi connectivity index (χ0v) is 10.3. The Labute approximate surface area is 107 Å². The van der Waals surface area contributed by atoms with Crippen LogP contribution in [0.5, 0.6) is 0 Å². The number of carbonyl (C=O) groups excluding carboxylic acids is 2. The van der Waals surface area contributed by atoms with Gasteiger partial charge in [-0.3, -0.25) is 9.59 Å². The summed E-state index contributed by atoms with van der Waals surface area (Å²) < 4.78 is 0. The number of rotatable bonds is 8. The lowest BCUT2D eigenvalue weighted by Crippen LogP contribution is -2.20. The second-order valence-electron chi connectivity index (χ2n) is 4.12. The smallest absolute Gasteiger partial charge is 0.249 e. The fourth-order valence-electron chi connectivity index (χ4n) is 1.69. The standard InChI is InChI=1S/C13H19N3O2/c14-12(17)7-3-4-8-16-9-10-5-1-2-6-11(10)13(15)18/h1-2,5-6,16H,3-4,7-9H2,(H2,14,17)(H2,15,18). The third-order valence-electron chi connectivity index (χ3n) is 2.63.